The Kier molecular flexibility index (Phi) is 4.85. The molecule has 0 aliphatic carbocycles. The number of hydrogen-bond acceptors (Lipinski definition) is 4. The summed E-state index contributed by atoms with van der Waals surface area (Å²) in [5.41, 5.74) is 0. The SMILES string of the molecule is CCC(CC(S)S)S(=O)(=O)O. The third-order valence-corrected chi connectivity index (χ3v) is 3.14. The molecular formula is C5H12O3S3. The van der Waals surface area contributed by atoms with Crippen LogP contribution in [0.5, 0.6) is 0 Å². The number of thiol groups is 2. The minimum atomic E-state index is -3.91. The third kappa shape index (κ3) is 4.95. The van der Waals surface area contributed by atoms with Gasteiger partial charge in [-0.25, -0.2) is 0 Å². The molecule has 68 valence electrons. The van der Waals surface area contributed by atoms with Crippen LogP contribution in [0.15, 0.2) is 0 Å². The molecule has 0 bridgehead atoms. The quantitative estimate of drug-likeness (QED) is 0.376. The van der Waals surface area contributed by atoms with Crippen LogP contribution < -0.4 is 0 Å². The van der Waals surface area contributed by atoms with Gasteiger partial charge in [-0.15, -0.1) is 0 Å². The Labute approximate surface area is 78.1 Å². The zero-order valence-corrected chi connectivity index (χ0v) is 8.74. The maximum Gasteiger partial charge on any atom is 0.267 e. The molecule has 0 aromatic rings. The van der Waals surface area contributed by atoms with E-state index < -0.39 is 15.4 Å². The minimum Gasteiger partial charge on any atom is -0.285 e. The summed E-state index contributed by atoms with van der Waals surface area (Å²) < 4.78 is 29.5. The van der Waals surface area contributed by atoms with E-state index >= 15 is 0 Å². The van der Waals surface area contributed by atoms with Crippen LogP contribution in [0.2, 0.25) is 0 Å². The molecule has 1 unspecified atom stereocenters. The van der Waals surface area contributed by atoms with Crippen LogP contribution in [0.4, 0.5) is 0 Å². The van der Waals surface area contributed by atoms with Gasteiger partial charge in [0.1, 0.15) is 0 Å². The van der Waals surface area contributed by atoms with Crippen molar-refractivity contribution in [3.63, 3.8) is 0 Å². The lowest BCUT2D eigenvalue weighted by atomic mass is 10.3. The fourth-order valence-corrected chi connectivity index (χ4v) is 2.39. The standard InChI is InChI=1S/C5H12O3S3/c1-2-4(3-5(9)10)11(6,7)8/h4-5,9-10H,2-3H2,1H3,(H,6,7,8). The fraction of sp³-hybridized carbons (Fsp3) is 1.00. The second kappa shape index (κ2) is 4.59. The van der Waals surface area contributed by atoms with E-state index in [0.717, 1.165) is 0 Å². The van der Waals surface area contributed by atoms with Crippen LogP contribution in [0.3, 0.4) is 0 Å². The topological polar surface area (TPSA) is 54.4 Å². The van der Waals surface area contributed by atoms with Crippen LogP contribution >= 0.6 is 25.3 Å². The maximum atomic E-state index is 10.6. The summed E-state index contributed by atoms with van der Waals surface area (Å²) >= 11 is 7.82. The average Bonchev–Trinajstić information content (AvgIpc) is 1.79. The van der Waals surface area contributed by atoms with Crippen LogP contribution in [0, 0.1) is 0 Å². The molecule has 0 saturated carbocycles. The second-order valence-corrected chi connectivity index (χ2v) is 5.61. The van der Waals surface area contributed by atoms with E-state index in [2.05, 4.69) is 25.3 Å². The first-order chi connectivity index (χ1) is 4.88. The van der Waals surface area contributed by atoms with Crippen molar-refractivity contribution in [1.29, 1.82) is 0 Å². The lowest BCUT2D eigenvalue weighted by Crippen LogP contribution is -2.21. The van der Waals surface area contributed by atoms with Crippen molar-refractivity contribution in [3.8, 4) is 0 Å². The van der Waals surface area contributed by atoms with E-state index in [4.69, 9.17) is 4.55 Å². The van der Waals surface area contributed by atoms with E-state index in [1.807, 2.05) is 0 Å². The molecule has 0 rings (SSSR count). The summed E-state index contributed by atoms with van der Waals surface area (Å²) in [6, 6.07) is 0. The van der Waals surface area contributed by atoms with E-state index in [-0.39, 0.29) is 11.0 Å². The van der Waals surface area contributed by atoms with Crippen molar-refractivity contribution in [2.45, 2.75) is 29.6 Å². The van der Waals surface area contributed by atoms with Crippen molar-refractivity contribution in [3.05, 3.63) is 0 Å². The molecule has 0 fully saturated rings. The van der Waals surface area contributed by atoms with Gasteiger partial charge in [0.15, 0.2) is 0 Å². The Morgan fingerprint density at radius 2 is 1.91 bits per heavy atom. The van der Waals surface area contributed by atoms with Gasteiger partial charge < -0.3 is 0 Å². The molecule has 0 aliphatic heterocycles. The monoisotopic (exact) mass is 216 g/mol. The van der Waals surface area contributed by atoms with Gasteiger partial charge in [-0.05, 0) is 12.8 Å². The predicted molar refractivity (Wildman–Crippen MR) is 52.0 cm³/mol. The minimum absolute atomic E-state index is 0.265. The molecule has 3 nitrogen and oxygen atoms in total. The van der Waals surface area contributed by atoms with E-state index in [1.165, 1.54) is 0 Å². The zero-order valence-electron chi connectivity index (χ0n) is 6.14. The molecular weight excluding hydrogens is 204 g/mol. The zero-order chi connectivity index (χ0) is 9.07. The van der Waals surface area contributed by atoms with Crippen molar-refractivity contribution >= 4 is 35.4 Å². The Morgan fingerprint density at radius 3 is 2.00 bits per heavy atom. The highest BCUT2D eigenvalue weighted by Crippen LogP contribution is 2.16. The molecule has 1 atom stereocenters. The maximum absolute atomic E-state index is 10.6. The largest absolute Gasteiger partial charge is 0.285 e. The molecule has 0 radical (unpaired) electrons. The smallest absolute Gasteiger partial charge is 0.267 e. The molecule has 0 aliphatic rings. The summed E-state index contributed by atoms with van der Waals surface area (Å²) in [5, 5.41) is -0.734. The first kappa shape index (κ1) is 11.6. The molecule has 0 saturated heterocycles. The first-order valence-electron chi connectivity index (χ1n) is 3.20. The van der Waals surface area contributed by atoms with Crippen molar-refractivity contribution in [2.75, 3.05) is 0 Å². The lowest BCUT2D eigenvalue weighted by molar-refractivity contribution is 0.461. The molecule has 0 aromatic heterocycles. The molecule has 6 heteroatoms. The van der Waals surface area contributed by atoms with E-state index in [0.29, 0.717) is 6.42 Å². The predicted octanol–water partition coefficient (Wildman–Crippen LogP) is 1.23. The molecule has 0 spiro atoms. The molecule has 0 heterocycles. The average molecular weight is 216 g/mol. The van der Waals surface area contributed by atoms with Crippen LogP contribution in [0.25, 0.3) is 0 Å². The number of hydrogen-bond donors (Lipinski definition) is 3. The Bertz CT molecular complexity index is 197. The third-order valence-electron chi connectivity index (χ3n) is 1.35. The Hall–Kier alpha value is 0.610. The Morgan fingerprint density at radius 1 is 1.45 bits per heavy atom. The fourth-order valence-electron chi connectivity index (χ4n) is 0.734. The summed E-state index contributed by atoms with van der Waals surface area (Å²) in [5.74, 6) is 0. The van der Waals surface area contributed by atoms with Gasteiger partial charge in [0.05, 0.1) is 5.25 Å². The molecule has 1 N–H and O–H groups in total. The van der Waals surface area contributed by atoms with Crippen molar-refractivity contribution < 1.29 is 13.0 Å². The van der Waals surface area contributed by atoms with Crippen molar-refractivity contribution in [1.82, 2.24) is 0 Å². The highest BCUT2D eigenvalue weighted by atomic mass is 32.2. The van der Waals surface area contributed by atoms with Gasteiger partial charge in [0.25, 0.3) is 10.1 Å². The molecule has 0 amide bonds. The summed E-state index contributed by atoms with van der Waals surface area (Å²) in [6.45, 7) is 1.70. The van der Waals surface area contributed by atoms with E-state index in [9.17, 15) is 8.42 Å². The molecule has 0 aromatic carbocycles. The van der Waals surface area contributed by atoms with Gasteiger partial charge >= 0.3 is 0 Å². The normalized spacial score (nSPS) is 15.4. The van der Waals surface area contributed by atoms with E-state index in [1.54, 1.807) is 6.92 Å². The summed E-state index contributed by atoms with van der Waals surface area (Å²) in [4.78, 5) is 0. The highest BCUT2D eigenvalue weighted by Gasteiger charge is 2.22. The van der Waals surface area contributed by atoms with Crippen LogP contribution in [-0.4, -0.2) is 22.8 Å². The molecule has 11 heavy (non-hydrogen) atoms. The van der Waals surface area contributed by atoms with Gasteiger partial charge in [-0.2, -0.15) is 33.7 Å². The second-order valence-electron chi connectivity index (χ2n) is 2.26. The number of rotatable bonds is 4. The van der Waals surface area contributed by atoms with Gasteiger partial charge in [0, 0.05) is 4.58 Å². The summed E-state index contributed by atoms with van der Waals surface area (Å²) in [7, 11) is -3.91. The van der Waals surface area contributed by atoms with Gasteiger partial charge in [0.2, 0.25) is 0 Å². The first-order valence-corrected chi connectivity index (χ1v) is 5.74. The van der Waals surface area contributed by atoms with Crippen LogP contribution in [-0.2, 0) is 10.1 Å². The summed E-state index contributed by atoms with van der Waals surface area (Å²) in [6.07, 6.45) is 0.651. The van der Waals surface area contributed by atoms with Crippen LogP contribution in [0.1, 0.15) is 19.8 Å². The van der Waals surface area contributed by atoms with Gasteiger partial charge in [-0.3, -0.25) is 4.55 Å². The highest BCUT2D eigenvalue weighted by molar-refractivity contribution is 7.99. The Balaban J connectivity index is 4.20. The van der Waals surface area contributed by atoms with Gasteiger partial charge in [-0.1, -0.05) is 6.92 Å². The van der Waals surface area contributed by atoms with Crippen molar-refractivity contribution in [2.24, 2.45) is 0 Å². The lowest BCUT2D eigenvalue weighted by Gasteiger charge is -2.12.